The third-order valence-corrected chi connectivity index (χ3v) is 2.13. The van der Waals surface area contributed by atoms with Crippen molar-refractivity contribution in [1.82, 2.24) is 4.90 Å². The van der Waals surface area contributed by atoms with E-state index in [1.54, 1.807) is 7.11 Å². The molecule has 1 amide bonds. The molecule has 4 heteroatoms. The number of halogens is 1. The Balaban J connectivity index is 0.00000121. The van der Waals surface area contributed by atoms with Gasteiger partial charge in [0.15, 0.2) is 0 Å². The number of amides is 1. The second-order valence-electron chi connectivity index (χ2n) is 2.84. The molecule has 0 saturated carbocycles. The van der Waals surface area contributed by atoms with E-state index >= 15 is 0 Å². The van der Waals surface area contributed by atoms with E-state index in [-0.39, 0.29) is 24.4 Å². The molecule has 0 aliphatic carbocycles. The zero-order valence-electron chi connectivity index (χ0n) is 7.58. The van der Waals surface area contributed by atoms with Gasteiger partial charge in [-0.05, 0) is 6.42 Å². The van der Waals surface area contributed by atoms with Crippen molar-refractivity contribution in [3.05, 3.63) is 0 Å². The summed E-state index contributed by atoms with van der Waals surface area (Å²) in [4.78, 5) is 13.0. The number of ether oxygens (including phenoxy) is 1. The van der Waals surface area contributed by atoms with Crippen LogP contribution in [0.5, 0.6) is 0 Å². The Hall–Kier alpha value is -0.280. The molecule has 3 nitrogen and oxygen atoms in total. The smallest absolute Gasteiger partial charge is 0.222 e. The molecule has 0 aromatic rings. The lowest BCUT2D eigenvalue weighted by Crippen LogP contribution is -2.29. The summed E-state index contributed by atoms with van der Waals surface area (Å²) in [7, 11) is 1.70. The Bertz CT molecular complexity index is 152. The maximum Gasteiger partial charge on any atom is 0.222 e. The second-order valence-corrected chi connectivity index (χ2v) is 2.84. The summed E-state index contributed by atoms with van der Waals surface area (Å²) < 4.78 is 5.14. The molecule has 1 rings (SSSR count). The summed E-state index contributed by atoms with van der Waals surface area (Å²) in [5, 5.41) is 0. The molecule has 0 aromatic carbocycles. The predicted octanol–water partition coefficient (Wildman–Crippen LogP) is 1.07. The summed E-state index contributed by atoms with van der Waals surface area (Å²) in [5.74, 6) is 0.240. The Morgan fingerprint density at radius 3 is 2.75 bits per heavy atom. The highest BCUT2D eigenvalue weighted by Gasteiger charge is 2.24. The Kier molecular flexibility index (Phi) is 5.25. The van der Waals surface area contributed by atoms with Crippen LogP contribution in [0.15, 0.2) is 0 Å². The van der Waals surface area contributed by atoms with Crippen molar-refractivity contribution in [2.24, 2.45) is 0 Å². The molecule has 1 saturated heterocycles. The number of carbonyl (C=O) groups is 1. The van der Waals surface area contributed by atoms with Gasteiger partial charge in [-0.15, -0.1) is 12.4 Å². The molecule has 0 N–H and O–H groups in total. The molecule has 12 heavy (non-hydrogen) atoms. The Morgan fingerprint density at radius 2 is 2.33 bits per heavy atom. The zero-order chi connectivity index (χ0) is 8.27. The fraction of sp³-hybridized carbons (Fsp3) is 0.875. The molecular weight excluding hydrogens is 178 g/mol. The van der Waals surface area contributed by atoms with E-state index in [0.29, 0.717) is 6.42 Å². The molecule has 0 radical (unpaired) electrons. The standard InChI is InChI=1S/C8H15NO2.ClH/c1-3-8(10)9-5-4-7(6-9)11-2;/h7H,3-6H2,1-2H3;1H/t7-;/m0./s1. The molecule has 0 aromatic heterocycles. The maximum absolute atomic E-state index is 11.1. The average Bonchev–Trinajstić information content (AvgIpc) is 2.50. The molecule has 1 aliphatic rings. The highest BCUT2D eigenvalue weighted by atomic mass is 35.5. The fourth-order valence-electron chi connectivity index (χ4n) is 1.37. The summed E-state index contributed by atoms with van der Waals surface area (Å²) >= 11 is 0. The van der Waals surface area contributed by atoms with E-state index in [1.807, 2.05) is 11.8 Å². The molecule has 1 aliphatic heterocycles. The van der Waals surface area contributed by atoms with Gasteiger partial charge in [0, 0.05) is 26.6 Å². The quantitative estimate of drug-likeness (QED) is 0.657. The van der Waals surface area contributed by atoms with Gasteiger partial charge in [-0.1, -0.05) is 6.92 Å². The molecule has 0 unspecified atom stereocenters. The number of carbonyl (C=O) groups excluding carboxylic acids is 1. The van der Waals surface area contributed by atoms with Gasteiger partial charge in [0.25, 0.3) is 0 Å². The van der Waals surface area contributed by atoms with Crippen LogP contribution in [0, 0.1) is 0 Å². The van der Waals surface area contributed by atoms with Gasteiger partial charge in [0.05, 0.1) is 6.10 Å². The largest absolute Gasteiger partial charge is 0.380 e. The molecule has 1 atom stereocenters. The topological polar surface area (TPSA) is 29.5 Å². The van der Waals surface area contributed by atoms with E-state index < -0.39 is 0 Å². The van der Waals surface area contributed by atoms with Crippen LogP contribution in [-0.2, 0) is 9.53 Å². The van der Waals surface area contributed by atoms with E-state index in [0.717, 1.165) is 19.5 Å². The lowest BCUT2D eigenvalue weighted by molar-refractivity contribution is -0.130. The Morgan fingerprint density at radius 1 is 1.67 bits per heavy atom. The number of hydrogen-bond donors (Lipinski definition) is 0. The van der Waals surface area contributed by atoms with Gasteiger partial charge in [-0.3, -0.25) is 4.79 Å². The SMILES string of the molecule is CCC(=O)N1CC[C@H](OC)C1.Cl. The van der Waals surface area contributed by atoms with Crippen molar-refractivity contribution in [3.8, 4) is 0 Å². The first-order valence-corrected chi connectivity index (χ1v) is 4.08. The first kappa shape index (κ1) is 11.7. The predicted molar refractivity (Wildman–Crippen MR) is 49.5 cm³/mol. The first-order chi connectivity index (χ1) is 5.27. The van der Waals surface area contributed by atoms with Crippen molar-refractivity contribution >= 4 is 18.3 Å². The zero-order valence-corrected chi connectivity index (χ0v) is 8.39. The minimum Gasteiger partial charge on any atom is -0.380 e. The fourth-order valence-corrected chi connectivity index (χ4v) is 1.37. The maximum atomic E-state index is 11.1. The van der Waals surface area contributed by atoms with Crippen LogP contribution >= 0.6 is 12.4 Å². The van der Waals surface area contributed by atoms with Crippen LogP contribution < -0.4 is 0 Å². The number of likely N-dealkylation sites (tertiary alicyclic amines) is 1. The summed E-state index contributed by atoms with van der Waals surface area (Å²) in [5.41, 5.74) is 0. The summed E-state index contributed by atoms with van der Waals surface area (Å²) in [6.45, 7) is 3.54. The molecule has 0 bridgehead atoms. The lowest BCUT2D eigenvalue weighted by atomic mass is 10.3. The summed E-state index contributed by atoms with van der Waals surface area (Å²) in [6, 6.07) is 0. The minimum atomic E-state index is 0. The van der Waals surface area contributed by atoms with Crippen LogP contribution in [0.2, 0.25) is 0 Å². The molecule has 0 spiro atoms. The number of hydrogen-bond acceptors (Lipinski definition) is 2. The average molecular weight is 194 g/mol. The van der Waals surface area contributed by atoms with Crippen LogP contribution in [0.3, 0.4) is 0 Å². The number of nitrogens with zero attached hydrogens (tertiary/aromatic N) is 1. The Labute approximate surface area is 79.5 Å². The number of rotatable bonds is 2. The highest BCUT2D eigenvalue weighted by Crippen LogP contribution is 2.12. The van der Waals surface area contributed by atoms with E-state index in [9.17, 15) is 4.79 Å². The van der Waals surface area contributed by atoms with Crippen LogP contribution in [0.25, 0.3) is 0 Å². The van der Waals surface area contributed by atoms with E-state index in [1.165, 1.54) is 0 Å². The van der Waals surface area contributed by atoms with E-state index in [4.69, 9.17) is 4.74 Å². The van der Waals surface area contributed by atoms with Crippen molar-refractivity contribution in [1.29, 1.82) is 0 Å². The van der Waals surface area contributed by atoms with Gasteiger partial charge < -0.3 is 9.64 Å². The van der Waals surface area contributed by atoms with Gasteiger partial charge in [-0.25, -0.2) is 0 Å². The van der Waals surface area contributed by atoms with Crippen LogP contribution in [0.4, 0.5) is 0 Å². The monoisotopic (exact) mass is 193 g/mol. The van der Waals surface area contributed by atoms with Crippen LogP contribution in [0.1, 0.15) is 19.8 Å². The van der Waals surface area contributed by atoms with Gasteiger partial charge in [0.2, 0.25) is 5.91 Å². The third kappa shape index (κ3) is 2.64. The van der Waals surface area contributed by atoms with Crippen molar-refractivity contribution in [2.75, 3.05) is 20.2 Å². The minimum absolute atomic E-state index is 0. The van der Waals surface area contributed by atoms with Gasteiger partial charge in [-0.2, -0.15) is 0 Å². The normalized spacial score (nSPS) is 22.2. The van der Waals surface area contributed by atoms with Crippen molar-refractivity contribution < 1.29 is 9.53 Å². The third-order valence-electron chi connectivity index (χ3n) is 2.13. The molecule has 72 valence electrons. The number of methoxy groups -OCH3 is 1. The van der Waals surface area contributed by atoms with Crippen molar-refractivity contribution in [3.63, 3.8) is 0 Å². The van der Waals surface area contributed by atoms with E-state index in [2.05, 4.69) is 0 Å². The van der Waals surface area contributed by atoms with Gasteiger partial charge >= 0.3 is 0 Å². The van der Waals surface area contributed by atoms with Crippen molar-refractivity contribution in [2.45, 2.75) is 25.9 Å². The molecule has 1 heterocycles. The second kappa shape index (κ2) is 5.38. The lowest BCUT2D eigenvalue weighted by Gasteiger charge is -2.14. The van der Waals surface area contributed by atoms with Gasteiger partial charge in [0.1, 0.15) is 0 Å². The molecular formula is C8H16ClNO2. The highest BCUT2D eigenvalue weighted by molar-refractivity contribution is 5.85. The molecule has 1 fully saturated rings. The van der Waals surface area contributed by atoms with Crippen LogP contribution in [-0.4, -0.2) is 37.1 Å². The first-order valence-electron chi connectivity index (χ1n) is 4.08. The summed E-state index contributed by atoms with van der Waals surface area (Å²) in [6.07, 6.45) is 1.86.